The number of carbonyl (C=O) groups excluding carboxylic acids is 1. The van der Waals surface area contributed by atoms with E-state index in [1.165, 1.54) is 12.1 Å². The predicted molar refractivity (Wildman–Crippen MR) is 70.9 cm³/mol. The first kappa shape index (κ1) is 16.9. The Labute approximate surface area is 122 Å². The van der Waals surface area contributed by atoms with Crippen molar-refractivity contribution in [2.45, 2.75) is 32.1 Å². The van der Waals surface area contributed by atoms with Crippen LogP contribution in [0.3, 0.4) is 0 Å². The van der Waals surface area contributed by atoms with Crippen LogP contribution in [0.15, 0.2) is 24.3 Å². The Morgan fingerprint density at radius 3 is 2.10 bits per heavy atom. The second-order valence-corrected chi connectivity index (χ2v) is 5.36. The molecule has 7 heteroatoms. The highest BCUT2D eigenvalue weighted by atomic mass is 79.9. The Balaban J connectivity index is 3.08. The van der Waals surface area contributed by atoms with Gasteiger partial charge in [-0.3, -0.25) is 4.79 Å². The van der Waals surface area contributed by atoms with Crippen molar-refractivity contribution in [3.8, 4) is 0 Å². The van der Waals surface area contributed by atoms with Gasteiger partial charge in [0.1, 0.15) is 11.4 Å². The van der Waals surface area contributed by atoms with Crippen molar-refractivity contribution in [1.29, 1.82) is 0 Å². The van der Waals surface area contributed by atoms with E-state index in [1.54, 1.807) is 0 Å². The van der Waals surface area contributed by atoms with Gasteiger partial charge in [-0.25, -0.2) is 4.39 Å². The molecule has 0 aliphatic carbocycles. The molecule has 0 spiro atoms. The number of rotatable bonds is 4. The van der Waals surface area contributed by atoms with Crippen LogP contribution >= 0.6 is 15.9 Å². The molecule has 0 fully saturated rings. The molecule has 0 atom stereocenters. The van der Waals surface area contributed by atoms with E-state index in [2.05, 4.69) is 15.9 Å². The monoisotopic (exact) mass is 355 g/mol. The van der Waals surface area contributed by atoms with Gasteiger partial charge in [0.25, 0.3) is 0 Å². The Morgan fingerprint density at radius 1 is 1.20 bits per heavy atom. The van der Waals surface area contributed by atoms with E-state index in [4.69, 9.17) is 0 Å². The lowest BCUT2D eigenvalue weighted by Crippen LogP contribution is -2.56. The first-order valence-electron chi connectivity index (χ1n) is 5.77. The summed E-state index contributed by atoms with van der Waals surface area (Å²) in [4.78, 5) is 12.5. The maximum atomic E-state index is 13.1. The van der Waals surface area contributed by atoms with Crippen molar-refractivity contribution < 1.29 is 22.4 Å². The van der Waals surface area contributed by atoms with Crippen molar-refractivity contribution in [2.75, 3.05) is 5.33 Å². The van der Waals surface area contributed by atoms with Gasteiger partial charge in [-0.15, -0.1) is 0 Å². The largest absolute Gasteiger partial charge is 0.411 e. The third kappa shape index (κ3) is 3.71. The summed E-state index contributed by atoms with van der Waals surface area (Å²) in [7, 11) is 0. The van der Waals surface area contributed by atoms with Crippen molar-refractivity contribution in [1.82, 2.24) is 4.90 Å². The molecule has 0 aromatic heterocycles. The van der Waals surface area contributed by atoms with Gasteiger partial charge < -0.3 is 4.90 Å². The molecule has 20 heavy (non-hydrogen) atoms. The first-order valence-corrected chi connectivity index (χ1v) is 6.89. The standard InChI is InChI=1S/C13H14BrF4NO/c1-12(2,13(16,17)18)19(11(20)7-14)8-9-3-5-10(15)6-4-9/h3-6H,7-8H2,1-2H3. The Kier molecular flexibility index (Phi) is 5.18. The molecule has 0 saturated heterocycles. The molecular weight excluding hydrogens is 342 g/mol. The summed E-state index contributed by atoms with van der Waals surface area (Å²) in [5, 5.41) is -0.215. The summed E-state index contributed by atoms with van der Waals surface area (Å²) >= 11 is 2.88. The fourth-order valence-corrected chi connectivity index (χ4v) is 1.90. The zero-order valence-electron chi connectivity index (χ0n) is 11.0. The number of carbonyl (C=O) groups is 1. The van der Waals surface area contributed by atoms with Crippen molar-refractivity contribution in [2.24, 2.45) is 0 Å². The van der Waals surface area contributed by atoms with Crippen LogP contribution in [0.1, 0.15) is 19.4 Å². The molecule has 0 unspecified atom stereocenters. The van der Waals surface area contributed by atoms with Gasteiger partial charge in [-0.1, -0.05) is 28.1 Å². The van der Waals surface area contributed by atoms with Gasteiger partial charge in [0.15, 0.2) is 0 Å². The van der Waals surface area contributed by atoms with Crippen LogP contribution in [0.4, 0.5) is 17.6 Å². The van der Waals surface area contributed by atoms with Crippen molar-refractivity contribution >= 4 is 21.8 Å². The fourth-order valence-electron chi connectivity index (χ4n) is 1.60. The molecule has 112 valence electrons. The van der Waals surface area contributed by atoms with Gasteiger partial charge >= 0.3 is 6.18 Å². The summed E-state index contributed by atoms with van der Waals surface area (Å²) in [6.07, 6.45) is -4.56. The quantitative estimate of drug-likeness (QED) is 0.592. The minimum atomic E-state index is -4.56. The summed E-state index contributed by atoms with van der Waals surface area (Å²) in [6.45, 7) is 1.64. The minimum Gasteiger partial charge on any atom is -0.323 e. The SMILES string of the molecule is CC(C)(N(Cc1ccc(F)cc1)C(=O)CBr)C(F)(F)F. The van der Waals surface area contributed by atoms with Gasteiger partial charge in [-0.05, 0) is 31.5 Å². The van der Waals surface area contributed by atoms with E-state index in [9.17, 15) is 22.4 Å². The van der Waals surface area contributed by atoms with Crippen LogP contribution < -0.4 is 0 Å². The van der Waals surface area contributed by atoms with E-state index in [0.717, 1.165) is 30.9 Å². The third-order valence-corrected chi connectivity index (χ3v) is 3.52. The molecule has 0 aliphatic rings. The van der Waals surface area contributed by atoms with Crippen molar-refractivity contribution in [3.05, 3.63) is 35.6 Å². The van der Waals surface area contributed by atoms with Crippen LogP contribution in [0.2, 0.25) is 0 Å². The summed E-state index contributed by atoms with van der Waals surface area (Å²) in [6, 6.07) is 5.01. The Hall–Kier alpha value is -1.11. The summed E-state index contributed by atoms with van der Waals surface area (Å²) in [5.41, 5.74) is -1.88. The molecule has 1 aromatic carbocycles. The first-order chi connectivity index (χ1) is 9.09. The normalized spacial score (nSPS) is 12.3. The molecule has 2 nitrogen and oxygen atoms in total. The molecule has 1 amide bonds. The van der Waals surface area contributed by atoms with Gasteiger partial charge in [0, 0.05) is 6.54 Å². The lowest BCUT2D eigenvalue weighted by Gasteiger charge is -2.39. The Morgan fingerprint density at radius 2 is 1.70 bits per heavy atom. The van der Waals surface area contributed by atoms with Gasteiger partial charge in [0.05, 0.1) is 5.33 Å². The maximum absolute atomic E-state index is 13.1. The zero-order chi connectivity index (χ0) is 15.6. The van der Waals surface area contributed by atoms with E-state index in [0.29, 0.717) is 5.56 Å². The molecule has 0 saturated carbocycles. The molecule has 0 heterocycles. The van der Waals surface area contributed by atoms with E-state index in [1.807, 2.05) is 0 Å². The summed E-state index contributed by atoms with van der Waals surface area (Å²) < 4.78 is 52.0. The second kappa shape index (κ2) is 6.11. The minimum absolute atomic E-state index is 0.215. The summed E-state index contributed by atoms with van der Waals surface area (Å²) in [5.74, 6) is -1.17. The van der Waals surface area contributed by atoms with E-state index in [-0.39, 0.29) is 11.9 Å². The molecule has 1 aromatic rings. The number of amides is 1. The zero-order valence-corrected chi connectivity index (χ0v) is 12.6. The van der Waals surface area contributed by atoms with E-state index < -0.39 is 23.4 Å². The smallest absolute Gasteiger partial charge is 0.323 e. The average molecular weight is 356 g/mol. The highest BCUT2D eigenvalue weighted by Crippen LogP contribution is 2.36. The number of alkyl halides is 4. The fraction of sp³-hybridized carbons (Fsp3) is 0.462. The molecule has 0 radical (unpaired) electrons. The average Bonchev–Trinajstić information content (AvgIpc) is 2.35. The molecule has 0 bridgehead atoms. The third-order valence-electron chi connectivity index (χ3n) is 3.04. The van der Waals surface area contributed by atoms with Crippen LogP contribution in [0, 0.1) is 5.82 Å². The second-order valence-electron chi connectivity index (χ2n) is 4.80. The number of hydrogen-bond acceptors (Lipinski definition) is 1. The lowest BCUT2D eigenvalue weighted by molar-refractivity contribution is -0.222. The van der Waals surface area contributed by atoms with Crippen LogP contribution in [0.5, 0.6) is 0 Å². The van der Waals surface area contributed by atoms with Crippen LogP contribution in [-0.2, 0) is 11.3 Å². The number of nitrogens with zero attached hydrogens (tertiary/aromatic N) is 1. The highest BCUT2D eigenvalue weighted by molar-refractivity contribution is 9.09. The molecular formula is C13H14BrF4NO. The highest BCUT2D eigenvalue weighted by Gasteiger charge is 2.52. The van der Waals surface area contributed by atoms with Crippen molar-refractivity contribution in [3.63, 3.8) is 0 Å². The van der Waals surface area contributed by atoms with Crippen LogP contribution in [0.25, 0.3) is 0 Å². The number of hydrogen-bond donors (Lipinski definition) is 0. The van der Waals surface area contributed by atoms with Gasteiger partial charge in [0.2, 0.25) is 5.91 Å². The molecule has 1 rings (SSSR count). The van der Waals surface area contributed by atoms with E-state index >= 15 is 0 Å². The Bertz CT molecular complexity index is 470. The molecule has 0 N–H and O–H groups in total. The van der Waals surface area contributed by atoms with Gasteiger partial charge in [-0.2, -0.15) is 13.2 Å². The van der Waals surface area contributed by atoms with Crippen LogP contribution in [-0.4, -0.2) is 27.9 Å². The number of benzene rings is 1. The maximum Gasteiger partial charge on any atom is 0.411 e. The number of halogens is 5. The topological polar surface area (TPSA) is 20.3 Å². The predicted octanol–water partition coefficient (Wildman–Crippen LogP) is 3.89. The molecule has 0 aliphatic heterocycles. The lowest BCUT2D eigenvalue weighted by atomic mass is 10.0.